The first-order valence-electron chi connectivity index (χ1n) is 8.41. The third-order valence-electron chi connectivity index (χ3n) is 4.18. The predicted octanol–water partition coefficient (Wildman–Crippen LogP) is 3.78. The average Bonchev–Trinajstić information content (AvgIpc) is 2.92. The molecule has 0 saturated carbocycles. The molecule has 0 N–H and O–H groups in total. The number of alkyl halides is 3. The monoisotopic (exact) mass is 388 g/mol. The minimum atomic E-state index is -4.38. The van der Waals surface area contributed by atoms with Gasteiger partial charge in [-0.05, 0) is 23.6 Å². The number of hydrogen-bond donors (Lipinski definition) is 0. The van der Waals surface area contributed by atoms with E-state index in [1.165, 1.54) is 23.9 Å². The molecule has 0 aromatic heterocycles. The lowest BCUT2D eigenvalue weighted by molar-refractivity contribution is -0.137. The van der Waals surface area contributed by atoms with Crippen LogP contribution in [0.25, 0.3) is 0 Å². The minimum Gasteiger partial charge on any atom is -0.344 e. The smallest absolute Gasteiger partial charge is 0.344 e. The van der Waals surface area contributed by atoms with Crippen molar-refractivity contribution in [2.45, 2.75) is 31.8 Å². The van der Waals surface area contributed by atoms with E-state index >= 15 is 0 Å². The van der Waals surface area contributed by atoms with Crippen molar-refractivity contribution in [3.8, 4) is 0 Å². The van der Waals surface area contributed by atoms with Crippen molar-refractivity contribution in [2.75, 3.05) is 25.9 Å². The van der Waals surface area contributed by atoms with E-state index in [4.69, 9.17) is 0 Å². The van der Waals surface area contributed by atoms with Crippen molar-refractivity contribution < 1.29 is 22.8 Å². The Morgan fingerprint density at radius 2 is 1.92 bits per heavy atom. The number of thioether (sulfide) groups is 1. The number of amides is 2. The molecule has 0 radical (unpaired) electrons. The van der Waals surface area contributed by atoms with Crippen LogP contribution < -0.4 is 0 Å². The number of carbonyl (C=O) groups is 2. The van der Waals surface area contributed by atoms with Crippen molar-refractivity contribution in [3.63, 3.8) is 0 Å². The Hall–Kier alpha value is -1.70. The molecule has 1 heterocycles. The van der Waals surface area contributed by atoms with Crippen LogP contribution >= 0.6 is 11.8 Å². The molecule has 1 saturated heterocycles. The number of carbonyl (C=O) groups excluding carboxylic acids is 2. The molecular weight excluding hydrogens is 365 g/mol. The SMILES string of the molecule is CC(C)CC(=O)N(C)CCN1C(=O)CS[C@H]1c1ccc(C(F)(F)F)cc1. The van der Waals surface area contributed by atoms with E-state index in [0.717, 1.165) is 12.1 Å². The van der Waals surface area contributed by atoms with Gasteiger partial charge in [-0.2, -0.15) is 13.2 Å². The quantitative estimate of drug-likeness (QED) is 0.745. The van der Waals surface area contributed by atoms with Gasteiger partial charge in [0.2, 0.25) is 11.8 Å². The van der Waals surface area contributed by atoms with Gasteiger partial charge >= 0.3 is 6.18 Å². The highest BCUT2D eigenvalue weighted by Gasteiger charge is 2.34. The molecule has 144 valence electrons. The summed E-state index contributed by atoms with van der Waals surface area (Å²) in [6.45, 7) is 4.69. The Morgan fingerprint density at radius 1 is 1.31 bits per heavy atom. The summed E-state index contributed by atoms with van der Waals surface area (Å²) in [6, 6.07) is 4.91. The van der Waals surface area contributed by atoms with E-state index in [2.05, 4.69) is 0 Å². The number of hydrogen-bond acceptors (Lipinski definition) is 3. The maximum absolute atomic E-state index is 12.7. The van der Waals surface area contributed by atoms with E-state index in [1.54, 1.807) is 16.8 Å². The van der Waals surface area contributed by atoms with Crippen molar-refractivity contribution in [2.24, 2.45) is 5.92 Å². The molecule has 1 atom stereocenters. The number of nitrogens with zero attached hydrogens (tertiary/aromatic N) is 2. The van der Waals surface area contributed by atoms with Crippen molar-refractivity contribution in [3.05, 3.63) is 35.4 Å². The lowest BCUT2D eigenvalue weighted by atomic mass is 10.1. The zero-order valence-corrected chi connectivity index (χ0v) is 15.9. The standard InChI is InChI=1S/C18H23F3N2O2S/c1-12(2)10-15(24)22(3)8-9-23-16(25)11-26-17(23)13-4-6-14(7-5-13)18(19,20)21/h4-7,12,17H,8-11H2,1-3H3/t17-/m0/s1. The van der Waals surface area contributed by atoms with E-state index in [-0.39, 0.29) is 28.9 Å². The largest absolute Gasteiger partial charge is 0.416 e. The fraction of sp³-hybridized carbons (Fsp3) is 0.556. The van der Waals surface area contributed by atoms with Crippen LogP contribution in [0.3, 0.4) is 0 Å². The Labute approximate surface area is 155 Å². The summed E-state index contributed by atoms with van der Waals surface area (Å²) in [6.07, 6.45) is -3.93. The van der Waals surface area contributed by atoms with E-state index < -0.39 is 11.7 Å². The number of benzene rings is 1. The first-order chi connectivity index (χ1) is 12.1. The molecule has 1 aromatic carbocycles. The molecule has 26 heavy (non-hydrogen) atoms. The Balaban J connectivity index is 2.03. The van der Waals surface area contributed by atoms with Crippen molar-refractivity contribution >= 4 is 23.6 Å². The molecule has 1 aliphatic heterocycles. The van der Waals surface area contributed by atoms with Gasteiger partial charge in [0.25, 0.3) is 0 Å². The second-order valence-electron chi connectivity index (χ2n) is 6.78. The van der Waals surface area contributed by atoms with Crippen LogP contribution in [0.4, 0.5) is 13.2 Å². The molecule has 0 unspecified atom stereocenters. The highest BCUT2D eigenvalue weighted by Crippen LogP contribution is 2.39. The minimum absolute atomic E-state index is 0.0189. The highest BCUT2D eigenvalue weighted by atomic mass is 32.2. The number of rotatable bonds is 6. The summed E-state index contributed by atoms with van der Waals surface area (Å²) < 4.78 is 38.1. The molecular formula is C18H23F3N2O2S. The normalized spacial score (nSPS) is 17.9. The van der Waals surface area contributed by atoms with Crippen LogP contribution in [0, 0.1) is 5.92 Å². The summed E-state index contributed by atoms with van der Waals surface area (Å²) in [5, 5.41) is -0.321. The van der Waals surface area contributed by atoms with Gasteiger partial charge in [0.05, 0.1) is 11.3 Å². The third kappa shape index (κ3) is 5.16. The van der Waals surface area contributed by atoms with Gasteiger partial charge in [0.1, 0.15) is 5.37 Å². The van der Waals surface area contributed by atoms with E-state index in [9.17, 15) is 22.8 Å². The van der Waals surface area contributed by atoms with Gasteiger partial charge in [-0.1, -0.05) is 26.0 Å². The molecule has 1 aromatic rings. The van der Waals surface area contributed by atoms with E-state index in [0.29, 0.717) is 25.1 Å². The molecule has 0 bridgehead atoms. The zero-order chi connectivity index (χ0) is 19.5. The molecule has 1 fully saturated rings. The second-order valence-corrected chi connectivity index (χ2v) is 7.85. The number of likely N-dealkylation sites (N-methyl/N-ethyl adjacent to an activating group) is 1. The summed E-state index contributed by atoms with van der Waals surface area (Å²) in [4.78, 5) is 27.4. The van der Waals surface area contributed by atoms with Crippen molar-refractivity contribution in [1.82, 2.24) is 9.80 Å². The van der Waals surface area contributed by atoms with E-state index in [1.807, 2.05) is 13.8 Å². The van der Waals surface area contributed by atoms with Crippen LogP contribution in [-0.4, -0.2) is 47.5 Å². The summed E-state index contributed by atoms with van der Waals surface area (Å²) >= 11 is 1.39. The van der Waals surface area contributed by atoms with Gasteiger partial charge in [-0.15, -0.1) is 11.8 Å². The lowest BCUT2D eigenvalue weighted by Crippen LogP contribution is -2.38. The predicted molar refractivity (Wildman–Crippen MR) is 95.4 cm³/mol. The maximum Gasteiger partial charge on any atom is 0.416 e. The first-order valence-corrected chi connectivity index (χ1v) is 9.46. The zero-order valence-electron chi connectivity index (χ0n) is 15.0. The van der Waals surface area contributed by atoms with Gasteiger partial charge in [0.15, 0.2) is 0 Å². The van der Waals surface area contributed by atoms with Crippen LogP contribution in [0.5, 0.6) is 0 Å². The Kier molecular flexibility index (Phi) is 6.60. The molecule has 2 amide bonds. The highest BCUT2D eigenvalue weighted by molar-refractivity contribution is 8.00. The van der Waals surface area contributed by atoms with Gasteiger partial charge < -0.3 is 9.80 Å². The topological polar surface area (TPSA) is 40.6 Å². The Morgan fingerprint density at radius 3 is 2.46 bits per heavy atom. The average molecular weight is 388 g/mol. The van der Waals surface area contributed by atoms with Gasteiger partial charge in [0, 0.05) is 26.6 Å². The van der Waals surface area contributed by atoms with Crippen LogP contribution in [0.2, 0.25) is 0 Å². The van der Waals surface area contributed by atoms with Crippen LogP contribution in [-0.2, 0) is 15.8 Å². The fourth-order valence-corrected chi connectivity index (χ4v) is 3.92. The summed E-state index contributed by atoms with van der Waals surface area (Å²) in [7, 11) is 1.70. The van der Waals surface area contributed by atoms with Crippen LogP contribution in [0.15, 0.2) is 24.3 Å². The molecule has 1 aliphatic rings. The van der Waals surface area contributed by atoms with Gasteiger partial charge in [-0.3, -0.25) is 9.59 Å². The van der Waals surface area contributed by atoms with Crippen molar-refractivity contribution in [1.29, 1.82) is 0 Å². The summed E-state index contributed by atoms with van der Waals surface area (Å²) in [5.41, 5.74) is -0.0499. The first kappa shape index (κ1) is 20.6. The lowest BCUT2D eigenvalue weighted by Gasteiger charge is -2.27. The third-order valence-corrected chi connectivity index (χ3v) is 5.43. The number of halogens is 3. The molecule has 0 aliphatic carbocycles. The summed E-state index contributed by atoms with van der Waals surface area (Å²) in [5.74, 6) is 0.499. The van der Waals surface area contributed by atoms with Crippen LogP contribution in [0.1, 0.15) is 36.8 Å². The Bertz CT molecular complexity index is 647. The second kappa shape index (κ2) is 8.33. The molecule has 2 rings (SSSR count). The molecule has 0 spiro atoms. The maximum atomic E-state index is 12.7. The molecule has 8 heteroatoms. The fourth-order valence-electron chi connectivity index (χ4n) is 2.70. The van der Waals surface area contributed by atoms with Gasteiger partial charge in [-0.25, -0.2) is 0 Å². The molecule has 4 nitrogen and oxygen atoms in total.